The summed E-state index contributed by atoms with van der Waals surface area (Å²) in [6, 6.07) is 16.5. The van der Waals surface area contributed by atoms with Gasteiger partial charge in [0.2, 0.25) is 5.95 Å². The Morgan fingerprint density at radius 3 is 2.54 bits per heavy atom. The molecule has 122 valence electrons. The Morgan fingerprint density at radius 2 is 1.83 bits per heavy atom. The second kappa shape index (κ2) is 7.19. The van der Waals surface area contributed by atoms with E-state index >= 15 is 0 Å². The lowest BCUT2D eigenvalue weighted by Crippen LogP contribution is -2.05. The van der Waals surface area contributed by atoms with Crippen LogP contribution >= 0.6 is 11.6 Å². The van der Waals surface area contributed by atoms with Crippen molar-refractivity contribution in [2.24, 2.45) is 0 Å². The highest BCUT2D eigenvalue weighted by Crippen LogP contribution is 2.29. The number of aromatic hydroxyl groups is 1. The number of phenolic OH excluding ortho intramolecular Hbond substituents is 1. The summed E-state index contributed by atoms with van der Waals surface area (Å²) in [6.07, 6.45) is 0. The molecule has 0 aliphatic heterocycles. The molecule has 24 heavy (non-hydrogen) atoms. The van der Waals surface area contributed by atoms with Crippen molar-refractivity contribution < 1.29 is 5.11 Å². The van der Waals surface area contributed by atoms with Crippen molar-refractivity contribution in [2.45, 2.75) is 6.92 Å². The average Bonchev–Trinajstić information content (AvgIpc) is 2.58. The molecule has 0 amide bonds. The third-order valence-corrected chi connectivity index (χ3v) is 3.66. The second-order valence-electron chi connectivity index (χ2n) is 5.15. The van der Waals surface area contributed by atoms with Crippen LogP contribution in [0.1, 0.15) is 6.92 Å². The largest absolute Gasteiger partial charge is 0.508 e. The summed E-state index contributed by atoms with van der Waals surface area (Å²) in [6.45, 7) is 2.71. The van der Waals surface area contributed by atoms with Gasteiger partial charge in [-0.3, -0.25) is 0 Å². The maximum Gasteiger partial charge on any atom is 0.225 e. The van der Waals surface area contributed by atoms with E-state index < -0.39 is 0 Å². The molecule has 1 heterocycles. The predicted octanol–water partition coefficient (Wildman–Crippen LogP) is 4.68. The van der Waals surface area contributed by atoms with E-state index in [9.17, 15) is 5.11 Å². The van der Waals surface area contributed by atoms with Crippen LogP contribution in [0.2, 0.25) is 5.02 Å². The van der Waals surface area contributed by atoms with Crippen molar-refractivity contribution in [3.63, 3.8) is 0 Å². The molecule has 0 saturated heterocycles. The number of nitrogens with zero attached hydrogens (tertiary/aromatic N) is 2. The lowest BCUT2D eigenvalue weighted by Gasteiger charge is -2.12. The van der Waals surface area contributed by atoms with Crippen LogP contribution < -0.4 is 10.6 Å². The Bertz CT molecular complexity index is 840. The van der Waals surface area contributed by atoms with Gasteiger partial charge in [0.25, 0.3) is 0 Å². The normalized spacial score (nSPS) is 10.4. The van der Waals surface area contributed by atoms with Gasteiger partial charge >= 0.3 is 0 Å². The van der Waals surface area contributed by atoms with Gasteiger partial charge in [-0.05, 0) is 19.1 Å². The van der Waals surface area contributed by atoms with E-state index in [0.29, 0.717) is 22.5 Å². The average molecular weight is 341 g/mol. The summed E-state index contributed by atoms with van der Waals surface area (Å²) in [5.74, 6) is 1.27. The van der Waals surface area contributed by atoms with Crippen LogP contribution in [0, 0.1) is 0 Å². The molecule has 3 N–H and O–H groups in total. The van der Waals surface area contributed by atoms with Gasteiger partial charge in [0.1, 0.15) is 11.6 Å². The van der Waals surface area contributed by atoms with Gasteiger partial charge in [-0.2, -0.15) is 4.98 Å². The molecule has 0 bridgehead atoms. The molecule has 0 radical (unpaired) electrons. The number of benzene rings is 2. The molecule has 6 heteroatoms. The van der Waals surface area contributed by atoms with Crippen molar-refractivity contribution in [1.82, 2.24) is 9.97 Å². The van der Waals surface area contributed by atoms with Crippen LogP contribution in [0.4, 0.5) is 17.5 Å². The first-order valence-electron chi connectivity index (χ1n) is 7.59. The van der Waals surface area contributed by atoms with Crippen LogP contribution in [0.5, 0.6) is 5.75 Å². The molecular formula is C18H17ClN4O. The minimum absolute atomic E-state index is 0.117. The van der Waals surface area contributed by atoms with E-state index in [1.54, 1.807) is 12.1 Å². The summed E-state index contributed by atoms with van der Waals surface area (Å²) in [5, 5.41) is 16.2. The maximum absolute atomic E-state index is 9.46. The molecule has 0 atom stereocenters. The van der Waals surface area contributed by atoms with Crippen LogP contribution in [0.3, 0.4) is 0 Å². The molecule has 0 aliphatic carbocycles. The number of phenols is 1. The van der Waals surface area contributed by atoms with Gasteiger partial charge in [-0.15, -0.1) is 0 Å². The molecule has 0 aliphatic rings. The van der Waals surface area contributed by atoms with Crippen molar-refractivity contribution in [1.29, 1.82) is 0 Å². The molecule has 1 aromatic heterocycles. The molecule has 5 nitrogen and oxygen atoms in total. The van der Waals surface area contributed by atoms with Crippen molar-refractivity contribution in [3.05, 3.63) is 59.6 Å². The Labute approximate surface area is 145 Å². The Hall–Kier alpha value is -2.79. The van der Waals surface area contributed by atoms with Crippen molar-refractivity contribution in [3.8, 4) is 17.0 Å². The fraction of sp³-hybridized carbons (Fsp3) is 0.111. The molecule has 2 aromatic carbocycles. The third-order valence-electron chi connectivity index (χ3n) is 3.35. The zero-order valence-corrected chi connectivity index (χ0v) is 13.9. The molecule has 0 unspecified atom stereocenters. The van der Waals surface area contributed by atoms with E-state index in [0.717, 1.165) is 17.8 Å². The van der Waals surface area contributed by atoms with Crippen molar-refractivity contribution in [2.75, 3.05) is 17.2 Å². The quantitative estimate of drug-likeness (QED) is 0.588. The Morgan fingerprint density at radius 1 is 1.04 bits per heavy atom. The number of halogens is 1. The highest BCUT2D eigenvalue weighted by Gasteiger charge is 2.08. The van der Waals surface area contributed by atoms with Gasteiger partial charge < -0.3 is 15.7 Å². The van der Waals surface area contributed by atoms with E-state index in [1.165, 1.54) is 6.07 Å². The number of anilines is 3. The van der Waals surface area contributed by atoms with E-state index in [4.69, 9.17) is 11.6 Å². The summed E-state index contributed by atoms with van der Waals surface area (Å²) < 4.78 is 0. The summed E-state index contributed by atoms with van der Waals surface area (Å²) >= 11 is 6.16. The first-order chi connectivity index (χ1) is 11.7. The van der Waals surface area contributed by atoms with Gasteiger partial charge in [0, 0.05) is 24.2 Å². The number of rotatable bonds is 5. The topological polar surface area (TPSA) is 70.1 Å². The smallest absolute Gasteiger partial charge is 0.225 e. The van der Waals surface area contributed by atoms with Gasteiger partial charge in [-0.1, -0.05) is 41.9 Å². The number of hydrogen-bond acceptors (Lipinski definition) is 5. The summed E-state index contributed by atoms with van der Waals surface area (Å²) in [7, 11) is 0. The van der Waals surface area contributed by atoms with E-state index in [1.807, 2.05) is 43.3 Å². The summed E-state index contributed by atoms with van der Waals surface area (Å²) in [4.78, 5) is 8.99. The second-order valence-corrected chi connectivity index (χ2v) is 5.55. The van der Waals surface area contributed by atoms with Gasteiger partial charge in [-0.25, -0.2) is 4.98 Å². The van der Waals surface area contributed by atoms with Crippen molar-refractivity contribution >= 4 is 29.1 Å². The third kappa shape index (κ3) is 3.75. The standard InChI is InChI=1S/C18H17ClN4O/c1-2-20-18-22-16(12-6-4-3-5-7-12)11-17(23-18)21-15-9-8-13(24)10-14(15)19/h3-11,24H,2H2,1H3,(H2,20,21,22,23). The Kier molecular flexibility index (Phi) is 4.82. The molecular weight excluding hydrogens is 324 g/mol. The number of aromatic nitrogens is 2. The first-order valence-corrected chi connectivity index (χ1v) is 7.97. The monoisotopic (exact) mass is 340 g/mol. The van der Waals surface area contributed by atoms with E-state index in [-0.39, 0.29) is 5.75 Å². The molecule has 0 spiro atoms. The minimum atomic E-state index is 0.117. The number of nitrogens with one attached hydrogen (secondary N) is 2. The lowest BCUT2D eigenvalue weighted by atomic mass is 10.1. The van der Waals surface area contributed by atoms with Crippen LogP contribution in [0.15, 0.2) is 54.6 Å². The molecule has 3 rings (SSSR count). The maximum atomic E-state index is 9.46. The molecule has 0 saturated carbocycles. The first kappa shape index (κ1) is 16.1. The minimum Gasteiger partial charge on any atom is -0.508 e. The fourth-order valence-corrected chi connectivity index (χ4v) is 2.47. The van der Waals surface area contributed by atoms with Crippen LogP contribution in [-0.2, 0) is 0 Å². The molecule has 0 fully saturated rings. The van der Waals surface area contributed by atoms with Gasteiger partial charge in [0.15, 0.2) is 0 Å². The van der Waals surface area contributed by atoms with E-state index in [2.05, 4.69) is 20.6 Å². The predicted molar refractivity (Wildman–Crippen MR) is 98.0 cm³/mol. The summed E-state index contributed by atoms with van der Waals surface area (Å²) in [5.41, 5.74) is 2.47. The fourth-order valence-electron chi connectivity index (χ4n) is 2.25. The SMILES string of the molecule is CCNc1nc(Nc2ccc(O)cc2Cl)cc(-c2ccccc2)n1. The van der Waals surface area contributed by atoms with Crippen LogP contribution in [0.25, 0.3) is 11.3 Å². The number of hydrogen-bond donors (Lipinski definition) is 3. The highest BCUT2D eigenvalue weighted by molar-refractivity contribution is 6.33. The molecule has 3 aromatic rings. The highest BCUT2D eigenvalue weighted by atomic mass is 35.5. The lowest BCUT2D eigenvalue weighted by molar-refractivity contribution is 0.475. The zero-order chi connectivity index (χ0) is 16.9. The van der Waals surface area contributed by atoms with Crippen LogP contribution in [-0.4, -0.2) is 21.6 Å². The zero-order valence-electron chi connectivity index (χ0n) is 13.1. The van der Waals surface area contributed by atoms with Gasteiger partial charge in [0.05, 0.1) is 16.4 Å². The Balaban J connectivity index is 1.99.